The maximum atomic E-state index is 13.4. The molecule has 0 saturated carbocycles. The lowest BCUT2D eigenvalue weighted by molar-refractivity contribution is 0.0955. The van der Waals surface area contributed by atoms with Crippen molar-refractivity contribution in [2.75, 3.05) is 5.32 Å². The van der Waals surface area contributed by atoms with Crippen LogP contribution in [-0.4, -0.2) is 22.5 Å². The fourth-order valence-electron chi connectivity index (χ4n) is 4.56. The van der Waals surface area contributed by atoms with Crippen LogP contribution in [0, 0.1) is 0 Å². The van der Waals surface area contributed by atoms with Gasteiger partial charge in [0, 0.05) is 22.2 Å². The zero-order chi connectivity index (χ0) is 29.9. The highest BCUT2D eigenvalue weighted by Crippen LogP contribution is 2.29. The molecule has 4 aromatic carbocycles. The second-order valence-electron chi connectivity index (χ2n) is 11.1. The van der Waals surface area contributed by atoms with Gasteiger partial charge in [0.2, 0.25) is 0 Å². The quantitative estimate of drug-likeness (QED) is 0.158. The summed E-state index contributed by atoms with van der Waals surface area (Å²) in [6.07, 6.45) is 0. The number of carbonyl (C=O) groups excluding carboxylic acids is 2. The molecule has 42 heavy (non-hydrogen) atoms. The number of fused-ring (bicyclic) bond motifs is 1. The Balaban J connectivity index is 1.35. The van der Waals surface area contributed by atoms with Crippen LogP contribution in [0.5, 0.6) is 0 Å². The number of pyridine rings is 1. The maximum absolute atomic E-state index is 13.4. The number of nitrogens with one attached hydrogen (secondary N) is 2. The van der Waals surface area contributed by atoms with Gasteiger partial charge < -0.3 is 5.32 Å². The number of aromatic nitrogens is 1. The number of amides is 2. The highest BCUT2D eigenvalue weighted by molar-refractivity contribution is 6.35. The van der Waals surface area contributed by atoms with E-state index >= 15 is 0 Å². The van der Waals surface area contributed by atoms with E-state index in [0.717, 1.165) is 16.7 Å². The zero-order valence-electron chi connectivity index (χ0n) is 23.9. The first kappa shape index (κ1) is 28.7. The van der Waals surface area contributed by atoms with Crippen molar-refractivity contribution in [2.24, 2.45) is 5.10 Å². The molecule has 0 aliphatic heterocycles. The summed E-state index contributed by atoms with van der Waals surface area (Å²) < 4.78 is 0. The minimum atomic E-state index is -0.385. The smallest absolute Gasteiger partial charge is 0.272 e. The fourth-order valence-corrected chi connectivity index (χ4v) is 4.78. The Morgan fingerprint density at radius 2 is 1.50 bits per heavy atom. The molecule has 0 bridgehead atoms. The zero-order valence-corrected chi connectivity index (χ0v) is 24.7. The lowest BCUT2D eigenvalue weighted by Gasteiger charge is -2.19. The summed E-state index contributed by atoms with van der Waals surface area (Å²) in [7, 11) is 0. The molecule has 7 heteroatoms. The second-order valence-corrected chi connectivity index (χ2v) is 11.5. The van der Waals surface area contributed by atoms with E-state index in [1.54, 1.807) is 25.1 Å². The molecule has 5 aromatic rings. The first-order chi connectivity index (χ1) is 20.1. The standard InChI is InChI=1S/C35H31ClN4O2/c1-22(25-12-8-13-27(20-25)37-33(41)24-16-18-26(19-17-24)35(2,3)4)39-40-34(42)29-21-31(23-10-6-5-7-11-23)38-32-28(29)14-9-15-30(32)36/h5-21H,1-4H3,(H,37,41)(H,40,42)/b39-22-. The third-order valence-corrected chi connectivity index (χ3v) is 7.29. The number of para-hydroxylation sites is 1. The summed E-state index contributed by atoms with van der Waals surface area (Å²) in [6, 6.07) is 31.7. The molecule has 0 unspecified atom stereocenters. The van der Waals surface area contributed by atoms with Crippen LogP contribution < -0.4 is 10.7 Å². The number of carbonyl (C=O) groups is 2. The van der Waals surface area contributed by atoms with Gasteiger partial charge in [0.1, 0.15) is 0 Å². The number of hydrogen-bond donors (Lipinski definition) is 2. The first-order valence-electron chi connectivity index (χ1n) is 13.6. The van der Waals surface area contributed by atoms with Gasteiger partial charge in [-0.2, -0.15) is 5.10 Å². The van der Waals surface area contributed by atoms with Gasteiger partial charge in [0.15, 0.2) is 0 Å². The predicted octanol–water partition coefficient (Wildman–Crippen LogP) is 8.26. The normalized spacial score (nSPS) is 11.8. The van der Waals surface area contributed by atoms with E-state index in [4.69, 9.17) is 16.6 Å². The lowest BCUT2D eigenvalue weighted by Crippen LogP contribution is -2.20. The van der Waals surface area contributed by atoms with Crippen molar-refractivity contribution in [3.8, 4) is 11.3 Å². The van der Waals surface area contributed by atoms with Crippen LogP contribution in [-0.2, 0) is 5.41 Å². The molecule has 0 aliphatic rings. The van der Waals surface area contributed by atoms with Crippen molar-refractivity contribution >= 4 is 45.7 Å². The lowest BCUT2D eigenvalue weighted by atomic mass is 9.87. The Morgan fingerprint density at radius 3 is 2.21 bits per heavy atom. The molecule has 5 rings (SSSR count). The van der Waals surface area contributed by atoms with Crippen LogP contribution in [0.4, 0.5) is 5.69 Å². The minimum Gasteiger partial charge on any atom is -0.322 e. The van der Waals surface area contributed by atoms with E-state index < -0.39 is 0 Å². The molecule has 1 aromatic heterocycles. The number of rotatable bonds is 6. The molecule has 6 nitrogen and oxygen atoms in total. The highest BCUT2D eigenvalue weighted by atomic mass is 35.5. The molecule has 2 N–H and O–H groups in total. The van der Waals surface area contributed by atoms with Gasteiger partial charge in [0.25, 0.3) is 11.8 Å². The van der Waals surface area contributed by atoms with E-state index in [-0.39, 0.29) is 17.2 Å². The molecule has 0 spiro atoms. The van der Waals surface area contributed by atoms with E-state index in [9.17, 15) is 9.59 Å². The molecule has 0 aliphatic carbocycles. The van der Waals surface area contributed by atoms with E-state index in [2.05, 4.69) is 36.6 Å². The molecule has 0 fully saturated rings. The Bertz CT molecular complexity index is 1810. The average molecular weight is 575 g/mol. The molecule has 210 valence electrons. The first-order valence-corrected chi connectivity index (χ1v) is 14.0. The van der Waals surface area contributed by atoms with Crippen LogP contribution in [0.3, 0.4) is 0 Å². The van der Waals surface area contributed by atoms with Crippen molar-refractivity contribution in [2.45, 2.75) is 33.1 Å². The molecule has 0 atom stereocenters. The van der Waals surface area contributed by atoms with E-state index in [0.29, 0.717) is 44.1 Å². The largest absolute Gasteiger partial charge is 0.322 e. The third kappa shape index (κ3) is 6.40. The van der Waals surface area contributed by atoms with E-state index in [1.165, 1.54) is 0 Å². The highest BCUT2D eigenvalue weighted by Gasteiger charge is 2.17. The van der Waals surface area contributed by atoms with Crippen LogP contribution in [0.15, 0.2) is 108 Å². The van der Waals surface area contributed by atoms with Gasteiger partial charge in [-0.05, 0) is 59.9 Å². The second kappa shape index (κ2) is 12.0. The summed E-state index contributed by atoms with van der Waals surface area (Å²) in [4.78, 5) is 31.0. The predicted molar refractivity (Wildman–Crippen MR) is 171 cm³/mol. The van der Waals surface area contributed by atoms with Crippen molar-refractivity contribution in [1.29, 1.82) is 0 Å². The van der Waals surface area contributed by atoms with Crippen LogP contribution >= 0.6 is 11.6 Å². The summed E-state index contributed by atoms with van der Waals surface area (Å²) in [5.41, 5.74) is 8.85. The van der Waals surface area contributed by atoms with Gasteiger partial charge in [-0.25, -0.2) is 10.4 Å². The SMILES string of the molecule is C/C(=N/NC(=O)c1cc(-c2ccccc2)nc2c(Cl)cccc12)c1cccc(NC(=O)c2ccc(C(C)(C)C)cc2)c1. The van der Waals surface area contributed by atoms with Gasteiger partial charge in [-0.15, -0.1) is 0 Å². The summed E-state index contributed by atoms with van der Waals surface area (Å²) in [6.45, 7) is 8.20. The molecular formula is C35H31ClN4O2. The number of anilines is 1. The number of halogens is 1. The topological polar surface area (TPSA) is 83.4 Å². The Morgan fingerprint density at radius 1 is 0.786 bits per heavy atom. The van der Waals surface area contributed by atoms with Crippen LogP contribution in [0.25, 0.3) is 22.2 Å². The van der Waals surface area contributed by atoms with Crippen molar-refractivity contribution in [1.82, 2.24) is 10.4 Å². The number of nitrogens with zero attached hydrogens (tertiary/aromatic N) is 2. The number of hydrazone groups is 1. The maximum Gasteiger partial charge on any atom is 0.272 e. The van der Waals surface area contributed by atoms with Crippen molar-refractivity contribution in [3.05, 3.63) is 130 Å². The monoisotopic (exact) mass is 574 g/mol. The summed E-state index contributed by atoms with van der Waals surface area (Å²) in [5.74, 6) is -0.586. The van der Waals surface area contributed by atoms with Crippen molar-refractivity contribution in [3.63, 3.8) is 0 Å². The summed E-state index contributed by atoms with van der Waals surface area (Å²) in [5, 5.41) is 8.41. The van der Waals surface area contributed by atoms with Crippen LogP contribution in [0.2, 0.25) is 5.02 Å². The Hall–Kier alpha value is -4.81. The molecule has 0 saturated heterocycles. The number of hydrogen-bond acceptors (Lipinski definition) is 4. The summed E-state index contributed by atoms with van der Waals surface area (Å²) >= 11 is 6.46. The average Bonchev–Trinajstić information content (AvgIpc) is 2.99. The van der Waals surface area contributed by atoms with Gasteiger partial charge in [-0.3, -0.25) is 9.59 Å². The van der Waals surface area contributed by atoms with Gasteiger partial charge in [-0.1, -0.05) is 99.1 Å². The molecule has 0 radical (unpaired) electrons. The van der Waals surface area contributed by atoms with Crippen molar-refractivity contribution < 1.29 is 9.59 Å². The Kier molecular flexibility index (Phi) is 8.18. The third-order valence-electron chi connectivity index (χ3n) is 6.98. The molecule has 2 amide bonds. The molecular weight excluding hydrogens is 544 g/mol. The van der Waals surface area contributed by atoms with Crippen LogP contribution in [0.1, 0.15) is 59.5 Å². The fraction of sp³-hybridized carbons (Fsp3) is 0.143. The van der Waals surface area contributed by atoms with E-state index in [1.807, 2.05) is 84.9 Å². The Labute approximate surface area is 250 Å². The van der Waals surface area contributed by atoms with Gasteiger partial charge >= 0.3 is 0 Å². The molecule has 1 heterocycles. The minimum absolute atomic E-state index is 0.0113. The van der Waals surface area contributed by atoms with Gasteiger partial charge in [0.05, 0.1) is 27.5 Å². The number of benzene rings is 4.